The van der Waals surface area contributed by atoms with Crippen molar-refractivity contribution < 1.29 is 14.0 Å². The van der Waals surface area contributed by atoms with Gasteiger partial charge < -0.3 is 5.32 Å². The molecule has 24 heavy (non-hydrogen) atoms. The monoisotopic (exact) mass is 410 g/mol. The Kier molecular flexibility index (Phi) is 4.36. The van der Waals surface area contributed by atoms with Crippen LogP contribution in [0.3, 0.4) is 0 Å². The molecule has 3 rings (SSSR count). The molecule has 1 N–H and O–H groups in total. The Morgan fingerprint density at radius 1 is 1.25 bits per heavy atom. The van der Waals surface area contributed by atoms with E-state index in [0.29, 0.717) is 11.1 Å². The predicted octanol–water partition coefficient (Wildman–Crippen LogP) is 4.21. The van der Waals surface area contributed by atoms with E-state index < -0.39 is 17.4 Å². The minimum Gasteiger partial charge on any atom is -0.319 e. The van der Waals surface area contributed by atoms with E-state index in [1.165, 1.54) is 12.1 Å². The van der Waals surface area contributed by atoms with Crippen LogP contribution in [0.1, 0.15) is 18.1 Å². The van der Waals surface area contributed by atoms with E-state index in [2.05, 4.69) is 21.2 Å². The van der Waals surface area contributed by atoms with Gasteiger partial charge in [-0.15, -0.1) is 0 Å². The number of rotatable bonds is 3. The van der Waals surface area contributed by atoms with Crippen molar-refractivity contribution in [3.8, 4) is 0 Å². The number of nitrogens with zero attached hydrogens (tertiary/aromatic N) is 1. The van der Waals surface area contributed by atoms with E-state index in [1.807, 2.05) is 6.07 Å². The van der Waals surface area contributed by atoms with Gasteiger partial charge in [-0.3, -0.25) is 9.69 Å². The van der Waals surface area contributed by atoms with Gasteiger partial charge >= 0.3 is 6.03 Å². The lowest BCUT2D eigenvalue weighted by atomic mass is 9.92. The molecule has 1 aliphatic rings. The molecule has 0 aromatic heterocycles. The third-order valence-electron chi connectivity index (χ3n) is 4.02. The van der Waals surface area contributed by atoms with Crippen LogP contribution < -0.4 is 5.32 Å². The molecule has 1 aliphatic heterocycles. The molecule has 0 aliphatic carbocycles. The normalized spacial score (nSPS) is 20.4. The Morgan fingerprint density at radius 2 is 2.00 bits per heavy atom. The highest BCUT2D eigenvalue weighted by Crippen LogP contribution is 2.32. The lowest BCUT2D eigenvalue weighted by Crippen LogP contribution is -2.40. The van der Waals surface area contributed by atoms with Crippen LogP contribution in [-0.4, -0.2) is 16.8 Å². The molecule has 124 valence electrons. The van der Waals surface area contributed by atoms with Gasteiger partial charge in [0.25, 0.3) is 5.91 Å². The number of carbonyl (C=O) groups is 2. The van der Waals surface area contributed by atoms with Crippen LogP contribution in [0.2, 0.25) is 5.02 Å². The molecular weight excluding hydrogens is 399 g/mol. The maximum atomic E-state index is 13.1. The maximum Gasteiger partial charge on any atom is 0.325 e. The minimum absolute atomic E-state index is 0.0205. The smallest absolute Gasteiger partial charge is 0.319 e. The van der Waals surface area contributed by atoms with Gasteiger partial charge in [-0.05, 0) is 42.3 Å². The van der Waals surface area contributed by atoms with Crippen molar-refractivity contribution in [2.45, 2.75) is 19.0 Å². The summed E-state index contributed by atoms with van der Waals surface area (Å²) in [5.74, 6) is -0.856. The molecule has 4 nitrogen and oxygen atoms in total. The Labute approximate surface area is 151 Å². The van der Waals surface area contributed by atoms with Crippen molar-refractivity contribution in [3.05, 3.63) is 68.9 Å². The fourth-order valence-corrected chi connectivity index (χ4v) is 3.28. The van der Waals surface area contributed by atoms with Crippen molar-refractivity contribution >= 4 is 39.5 Å². The number of halogens is 3. The first-order valence-corrected chi connectivity index (χ1v) is 8.32. The lowest BCUT2D eigenvalue weighted by Gasteiger charge is -2.22. The molecule has 1 atom stereocenters. The van der Waals surface area contributed by atoms with Gasteiger partial charge in [0.1, 0.15) is 11.4 Å². The highest BCUT2D eigenvalue weighted by atomic mass is 79.9. The van der Waals surface area contributed by atoms with Crippen molar-refractivity contribution in [1.29, 1.82) is 0 Å². The number of nitrogens with one attached hydrogen (secondary N) is 1. The summed E-state index contributed by atoms with van der Waals surface area (Å²) in [7, 11) is 0. The van der Waals surface area contributed by atoms with Gasteiger partial charge in [0.2, 0.25) is 0 Å². The molecule has 1 fully saturated rings. The zero-order valence-electron chi connectivity index (χ0n) is 12.6. The van der Waals surface area contributed by atoms with Gasteiger partial charge in [0.05, 0.1) is 6.54 Å². The van der Waals surface area contributed by atoms with E-state index in [1.54, 1.807) is 25.1 Å². The molecule has 2 aromatic carbocycles. The van der Waals surface area contributed by atoms with Crippen LogP contribution in [0.25, 0.3) is 0 Å². The average Bonchev–Trinajstić information content (AvgIpc) is 2.74. The van der Waals surface area contributed by atoms with Crippen LogP contribution in [-0.2, 0) is 16.9 Å². The number of hydrogen-bond donors (Lipinski definition) is 1. The third kappa shape index (κ3) is 2.91. The Morgan fingerprint density at radius 3 is 2.67 bits per heavy atom. The molecule has 0 unspecified atom stereocenters. The Balaban J connectivity index is 1.91. The summed E-state index contributed by atoms with van der Waals surface area (Å²) in [4.78, 5) is 26.2. The van der Waals surface area contributed by atoms with Gasteiger partial charge in [0, 0.05) is 9.50 Å². The Bertz CT molecular complexity index is 845. The third-order valence-corrected chi connectivity index (χ3v) is 4.87. The van der Waals surface area contributed by atoms with E-state index in [0.717, 1.165) is 15.4 Å². The minimum atomic E-state index is -1.16. The molecule has 2 aromatic rings. The van der Waals surface area contributed by atoms with Crippen molar-refractivity contribution in [1.82, 2.24) is 10.2 Å². The molecule has 1 heterocycles. The summed E-state index contributed by atoms with van der Waals surface area (Å²) in [5, 5.41) is 2.90. The van der Waals surface area contributed by atoms with E-state index in [9.17, 15) is 14.0 Å². The fraction of sp³-hybridized carbons (Fsp3) is 0.176. The Hall–Kier alpha value is -1.92. The van der Waals surface area contributed by atoms with Crippen LogP contribution in [0.15, 0.2) is 46.9 Å². The van der Waals surface area contributed by atoms with Gasteiger partial charge in [-0.1, -0.05) is 45.7 Å². The number of imide groups is 1. The summed E-state index contributed by atoms with van der Waals surface area (Å²) in [6, 6.07) is 10.5. The molecule has 7 heteroatoms. The number of carbonyl (C=O) groups excluding carboxylic acids is 2. The van der Waals surface area contributed by atoms with Gasteiger partial charge in [0.15, 0.2) is 0 Å². The predicted molar refractivity (Wildman–Crippen MR) is 92.0 cm³/mol. The van der Waals surface area contributed by atoms with Crippen LogP contribution in [0, 0.1) is 5.82 Å². The van der Waals surface area contributed by atoms with E-state index in [-0.39, 0.29) is 17.5 Å². The van der Waals surface area contributed by atoms with Crippen LogP contribution >= 0.6 is 27.5 Å². The first-order chi connectivity index (χ1) is 11.3. The molecule has 3 amide bonds. The fourth-order valence-electron chi connectivity index (χ4n) is 2.66. The first-order valence-electron chi connectivity index (χ1n) is 7.15. The second-order valence-corrected chi connectivity index (χ2v) is 7.02. The van der Waals surface area contributed by atoms with Gasteiger partial charge in [-0.25, -0.2) is 9.18 Å². The van der Waals surface area contributed by atoms with Crippen molar-refractivity contribution in [2.75, 3.05) is 0 Å². The topological polar surface area (TPSA) is 49.4 Å². The summed E-state index contributed by atoms with van der Waals surface area (Å²) in [6.07, 6.45) is 0. The second kappa shape index (κ2) is 6.18. The number of benzene rings is 2. The average molecular weight is 412 g/mol. The molecule has 0 bridgehead atoms. The largest absolute Gasteiger partial charge is 0.325 e. The van der Waals surface area contributed by atoms with Crippen molar-refractivity contribution in [2.24, 2.45) is 0 Å². The summed E-state index contributed by atoms with van der Waals surface area (Å²) in [5.41, 5.74) is 0.0101. The SMILES string of the molecule is C[C@]1(c2cccc(Br)c2)NC(=O)N(Cc2ccc(F)cc2Cl)C1=O. The van der Waals surface area contributed by atoms with Crippen molar-refractivity contribution in [3.63, 3.8) is 0 Å². The van der Waals surface area contributed by atoms with Gasteiger partial charge in [-0.2, -0.15) is 0 Å². The maximum absolute atomic E-state index is 13.1. The van der Waals surface area contributed by atoms with Crippen LogP contribution in [0.5, 0.6) is 0 Å². The lowest BCUT2D eigenvalue weighted by molar-refractivity contribution is -0.131. The van der Waals surface area contributed by atoms with E-state index in [4.69, 9.17) is 11.6 Å². The van der Waals surface area contributed by atoms with E-state index >= 15 is 0 Å². The summed E-state index contributed by atoms with van der Waals surface area (Å²) >= 11 is 9.36. The number of amides is 3. The highest BCUT2D eigenvalue weighted by molar-refractivity contribution is 9.10. The summed E-state index contributed by atoms with van der Waals surface area (Å²) in [6.45, 7) is 1.63. The number of hydrogen-bond acceptors (Lipinski definition) is 2. The highest BCUT2D eigenvalue weighted by Gasteiger charge is 2.49. The molecule has 0 radical (unpaired) electrons. The standard InChI is InChI=1S/C17H13BrClFN2O2/c1-17(11-3-2-4-12(18)7-11)15(23)22(16(24)21-17)9-10-5-6-13(20)8-14(10)19/h2-8H,9H2,1H3,(H,21,24)/t17-/m1/s1. The second-order valence-electron chi connectivity index (χ2n) is 5.69. The molecular formula is C17H13BrClFN2O2. The quantitative estimate of drug-likeness (QED) is 0.769. The first kappa shape index (κ1) is 16.9. The van der Waals surface area contributed by atoms with Crippen LogP contribution in [0.4, 0.5) is 9.18 Å². The zero-order valence-corrected chi connectivity index (χ0v) is 15.0. The zero-order chi connectivity index (χ0) is 17.5. The molecule has 0 spiro atoms. The molecule has 0 saturated carbocycles. The number of urea groups is 1. The summed E-state index contributed by atoms with van der Waals surface area (Å²) < 4.78 is 14.0. The molecule has 1 saturated heterocycles.